The molecule has 0 aliphatic heterocycles. The van der Waals surface area contributed by atoms with Gasteiger partial charge in [0.15, 0.2) is 5.16 Å². The van der Waals surface area contributed by atoms with Crippen molar-refractivity contribution in [2.45, 2.75) is 45.2 Å². The third-order valence-electron chi connectivity index (χ3n) is 5.15. The Hall–Kier alpha value is -2.12. The minimum Gasteiger partial charge on any atom is -0.325 e. The number of anilines is 1. The van der Waals surface area contributed by atoms with Crippen LogP contribution in [-0.4, -0.2) is 21.6 Å². The van der Waals surface area contributed by atoms with Crippen LogP contribution in [0, 0.1) is 19.8 Å². The highest BCUT2D eigenvalue weighted by atomic mass is 32.2. The number of fused-ring (bicyclic) bond motifs is 3. The van der Waals surface area contributed by atoms with Gasteiger partial charge in [-0.25, -0.2) is 4.98 Å². The van der Waals surface area contributed by atoms with E-state index >= 15 is 0 Å². The van der Waals surface area contributed by atoms with Crippen LogP contribution in [-0.2, 0) is 17.6 Å². The molecule has 0 saturated heterocycles. The highest BCUT2D eigenvalue weighted by Crippen LogP contribution is 2.36. The molecule has 3 aromatic rings. The molecule has 4 rings (SSSR count). The van der Waals surface area contributed by atoms with Crippen molar-refractivity contribution in [2.24, 2.45) is 5.92 Å². The number of nitrogens with one attached hydrogen (secondary N) is 2. The molecule has 7 heteroatoms. The summed E-state index contributed by atoms with van der Waals surface area (Å²) in [5.74, 6) is 0.743. The molecule has 0 spiro atoms. The topological polar surface area (TPSA) is 74.8 Å². The van der Waals surface area contributed by atoms with Crippen molar-refractivity contribution in [1.29, 1.82) is 0 Å². The highest BCUT2D eigenvalue weighted by molar-refractivity contribution is 7.99. The molecule has 0 bridgehead atoms. The van der Waals surface area contributed by atoms with Crippen LogP contribution >= 0.6 is 23.1 Å². The van der Waals surface area contributed by atoms with Crippen molar-refractivity contribution >= 4 is 44.9 Å². The summed E-state index contributed by atoms with van der Waals surface area (Å²) in [7, 11) is 0. The van der Waals surface area contributed by atoms with Crippen LogP contribution in [0.25, 0.3) is 10.2 Å². The summed E-state index contributed by atoms with van der Waals surface area (Å²) in [5.41, 5.74) is 4.03. The maximum Gasteiger partial charge on any atom is 0.260 e. The number of hydrogen-bond acceptors (Lipinski definition) is 5. The Morgan fingerprint density at radius 2 is 2.21 bits per heavy atom. The number of aromatic nitrogens is 2. The molecule has 2 aromatic heterocycles. The second-order valence-electron chi connectivity index (χ2n) is 7.56. The van der Waals surface area contributed by atoms with Gasteiger partial charge in [-0.15, -0.1) is 11.3 Å². The van der Waals surface area contributed by atoms with E-state index in [9.17, 15) is 9.59 Å². The van der Waals surface area contributed by atoms with Gasteiger partial charge in [0, 0.05) is 10.6 Å². The van der Waals surface area contributed by atoms with Gasteiger partial charge >= 0.3 is 0 Å². The van der Waals surface area contributed by atoms with E-state index in [4.69, 9.17) is 0 Å². The van der Waals surface area contributed by atoms with Crippen molar-refractivity contribution in [1.82, 2.24) is 9.97 Å². The molecule has 28 heavy (non-hydrogen) atoms. The maximum absolute atomic E-state index is 12.6. The average Bonchev–Trinajstić information content (AvgIpc) is 3.00. The number of benzene rings is 1. The molecular weight excluding hydrogens is 390 g/mol. The van der Waals surface area contributed by atoms with E-state index in [-0.39, 0.29) is 17.2 Å². The first-order valence-electron chi connectivity index (χ1n) is 9.45. The summed E-state index contributed by atoms with van der Waals surface area (Å²) < 4.78 is 0. The number of amides is 1. The van der Waals surface area contributed by atoms with Crippen molar-refractivity contribution in [3.05, 3.63) is 50.1 Å². The summed E-state index contributed by atoms with van der Waals surface area (Å²) in [6.45, 7) is 6.21. The van der Waals surface area contributed by atoms with Gasteiger partial charge in [-0.3, -0.25) is 9.59 Å². The molecule has 5 nitrogen and oxygen atoms in total. The van der Waals surface area contributed by atoms with Crippen LogP contribution in [0.4, 0.5) is 5.69 Å². The fraction of sp³-hybridized carbons (Fsp3) is 0.381. The lowest BCUT2D eigenvalue weighted by Gasteiger charge is -2.17. The number of hydrogen-bond donors (Lipinski definition) is 2. The molecule has 1 aromatic carbocycles. The number of nitrogens with zero attached hydrogens (tertiary/aromatic N) is 1. The molecule has 2 heterocycles. The fourth-order valence-corrected chi connectivity index (χ4v) is 5.69. The molecule has 1 atom stereocenters. The maximum atomic E-state index is 12.6. The van der Waals surface area contributed by atoms with Gasteiger partial charge < -0.3 is 10.3 Å². The van der Waals surface area contributed by atoms with Gasteiger partial charge in [-0.05, 0) is 61.8 Å². The van der Waals surface area contributed by atoms with Crippen LogP contribution in [0.1, 0.15) is 34.9 Å². The second kappa shape index (κ2) is 7.72. The zero-order valence-corrected chi connectivity index (χ0v) is 17.9. The van der Waals surface area contributed by atoms with Gasteiger partial charge in [0.2, 0.25) is 5.91 Å². The van der Waals surface area contributed by atoms with Crippen LogP contribution in [0.15, 0.2) is 28.2 Å². The van der Waals surface area contributed by atoms with Crippen LogP contribution in [0.2, 0.25) is 0 Å². The first-order chi connectivity index (χ1) is 13.4. The first-order valence-corrected chi connectivity index (χ1v) is 11.3. The van der Waals surface area contributed by atoms with E-state index in [1.165, 1.54) is 22.2 Å². The largest absolute Gasteiger partial charge is 0.325 e. The average molecular weight is 414 g/mol. The molecule has 0 unspecified atom stereocenters. The zero-order valence-electron chi connectivity index (χ0n) is 16.2. The Kier molecular flexibility index (Phi) is 5.29. The minimum atomic E-state index is -0.110. The Balaban J connectivity index is 1.50. The van der Waals surface area contributed by atoms with Gasteiger partial charge in [0.25, 0.3) is 5.56 Å². The molecule has 146 valence electrons. The fourth-order valence-electron chi connectivity index (χ4n) is 3.59. The summed E-state index contributed by atoms with van der Waals surface area (Å²) in [6, 6.07) is 5.97. The molecule has 0 fully saturated rings. The molecule has 2 N–H and O–H groups in total. The highest BCUT2D eigenvalue weighted by Gasteiger charge is 2.23. The lowest BCUT2D eigenvalue weighted by molar-refractivity contribution is -0.113. The van der Waals surface area contributed by atoms with Crippen LogP contribution in [0.5, 0.6) is 0 Å². The zero-order chi connectivity index (χ0) is 19.8. The van der Waals surface area contributed by atoms with Gasteiger partial charge in [0.05, 0.1) is 11.1 Å². The SMILES string of the molecule is Cc1ccc(C)c(NC(=O)CSc2nc3sc4c(c3c(=O)[nH]2)CC[C@H](C)C4)c1. The predicted molar refractivity (Wildman–Crippen MR) is 117 cm³/mol. The number of H-pyrrole nitrogens is 1. The number of aromatic amines is 1. The Labute approximate surface area is 172 Å². The van der Waals surface area contributed by atoms with E-state index < -0.39 is 0 Å². The number of rotatable bonds is 4. The first kappa shape index (κ1) is 19.2. The quantitative estimate of drug-likeness (QED) is 0.489. The standard InChI is InChI=1S/C21H23N3O2S2/c1-11-4-6-13(3)15(8-11)22-17(25)10-27-21-23-19(26)18-14-7-5-12(2)9-16(14)28-20(18)24-21/h4,6,8,12H,5,7,9-10H2,1-3H3,(H,22,25)(H,23,24,26)/t12-/m0/s1. The number of thioether (sulfide) groups is 1. The van der Waals surface area contributed by atoms with E-state index in [0.717, 1.165) is 46.3 Å². The molecule has 1 amide bonds. The summed E-state index contributed by atoms with van der Waals surface area (Å²) >= 11 is 2.89. The lowest BCUT2D eigenvalue weighted by Crippen LogP contribution is -2.16. The summed E-state index contributed by atoms with van der Waals surface area (Å²) in [5, 5.41) is 4.19. The summed E-state index contributed by atoms with van der Waals surface area (Å²) in [4.78, 5) is 34.5. The number of aryl methyl sites for hydroxylation is 3. The number of carbonyl (C=O) groups is 1. The Morgan fingerprint density at radius 1 is 1.39 bits per heavy atom. The van der Waals surface area contributed by atoms with E-state index in [1.807, 2.05) is 32.0 Å². The van der Waals surface area contributed by atoms with Crippen molar-refractivity contribution in [2.75, 3.05) is 11.1 Å². The van der Waals surface area contributed by atoms with Crippen molar-refractivity contribution < 1.29 is 4.79 Å². The van der Waals surface area contributed by atoms with E-state index in [1.54, 1.807) is 11.3 Å². The normalized spacial score (nSPS) is 16.2. The van der Waals surface area contributed by atoms with Crippen molar-refractivity contribution in [3.63, 3.8) is 0 Å². The van der Waals surface area contributed by atoms with E-state index in [2.05, 4.69) is 22.2 Å². The third kappa shape index (κ3) is 3.86. The number of carbonyl (C=O) groups excluding carboxylic acids is 1. The predicted octanol–water partition coefficient (Wildman–Crippen LogP) is 4.46. The second-order valence-corrected chi connectivity index (χ2v) is 9.61. The van der Waals surface area contributed by atoms with Crippen molar-refractivity contribution in [3.8, 4) is 0 Å². The molecule has 1 aliphatic carbocycles. The van der Waals surface area contributed by atoms with E-state index in [0.29, 0.717) is 11.1 Å². The third-order valence-corrected chi connectivity index (χ3v) is 7.17. The minimum absolute atomic E-state index is 0.0884. The molecule has 0 radical (unpaired) electrons. The lowest BCUT2D eigenvalue weighted by atomic mass is 9.89. The smallest absolute Gasteiger partial charge is 0.260 e. The van der Waals surface area contributed by atoms with Crippen LogP contribution in [0.3, 0.4) is 0 Å². The van der Waals surface area contributed by atoms with Gasteiger partial charge in [-0.1, -0.05) is 30.8 Å². The van der Waals surface area contributed by atoms with Crippen LogP contribution < -0.4 is 10.9 Å². The Bertz CT molecular complexity index is 1120. The van der Waals surface area contributed by atoms with Gasteiger partial charge in [0.1, 0.15) is 4.83 Å². The summed E-state index contributed by atoms with van der Waals surface area (Å²) in [6.07, 6.45) is 3.09. The number of thiophene rings is 1. The molecule has 0 saturated carbocycles. The van der Waals surface area contributed by atoms with Gasteiger partial charge in [-0.2, -0.15) is 0 Å². The monoisotopic (exact) mass is 413 g/mol. The molecular formula is C21H23N3O2S2. The molecule has 1 aliphatic rings. The Morgan fingerprint density at radius 3 is 3.04 bits per heavy atom.